The molecule has 0 radical (unpaired) electrons. The molecule has 0 saturated carbocycles. The first kappa shape index (κ1) is 14.5. The van der Waals surface area contributed by atoms with Crippen LogP contribution in [0.25, 0.3) is 11.0 Å². The second-order valence-corrected chi connectivity index (χ2v) is 5.94. The Morgan fingerprint density at radius 1 is 1.09 bits per heavy atom. The summed E-state index contributed by atoms with van der Waals surface area (Å²) in [7, 11) is 0. The molecule has 4 N–H and O–H groups in total. The predicted molar refractivity (Wildman–Crippen MR) is 94.2 cm³/mol. The van der Waals surface area contributed by atoms with E-state index < -0.39 is 0 Å². The van der Waals surface area contributed by atoms with E-state index in [0.717, 1.165) is 32.4 Å². The van der Waals surface area contributed by atoms with Gasteiger partial charge in [0.05, 0.1) is 11.0 Å². The number of aromatic nitrogens is 2. The largest absolute Gasteiger partial charge is 0.342 e. The van der Waals surface area contributed by atoms with Crippen molar-refractivity contribution < 1.29 is 0 Å². The van der Waals surface area contributed by atoms with Crippen LogP contribution >= 0.6 is 15.9 Å². The van der Waals surface area contributed by atoms with E-state index in [0.29, 0.717) is 5.82 Å². The maximum Gasteiger partial charge on any atom is 0.323 e. The fourth-order valence-corrected chi connectivity index (χ4v) is 2.72. The highest BCUT2D eigenvalue weighted by atomic mass is 79.9. The van der Waals surface area contributed by atoms with Crippen molar-refractivity contribution in [2.75, 3.05) is 10.6 Å². The number of hydrogen-bond donors (Lipinski definition) is 4. The molecule has 0 bridgehead atoms. The molecule has 0 amide bonds. The Labute approximate surface area is 135 Å². The number of fused-ring (bicyclic) bond motifs is 1. The topological polar surface area (TPSA) is 72.7 Å². The summed E-state index contributed by atoms with van der Waals surface area (Å²) < 4.78 is 1.04. The summed E-state index contributed by atoms with van der Waals surface area (Å²) in [5, 5.41) is 6.41. The molecule has 0 aliphatic carbocycles. The zero-order chi connectivity index (χ0) is 15.7. The van der Waals surface area contributed by atoms with Gasteiger partial charge >= 0.3 is 5.69 Å². The number of H-pyrrole nitrogens is 2. The lowest BCUT2D eigenvalue weighted by molar-refractivity contribution is 1.21. The molecule has 0 saturated heterocycles. The summed E-state index contributed by atoms with van der Waals surface area (Å²) >= 11 is 3.44. The van der Waals surface area contributed by atoms with E-state index in [4.69, 9.17) is 0 Å². The number of anilines is 2. The highest BCUT2D eigenvalue weighted by molar-refractivity contribution is 9.10. The minimum absolute atomic E-state index is 0.213. The first-order valence-electron chi connectivity index (χ1n) is 6.72. The van der Waals surface area contributed by atoms with Crippen LogP contribution in [0.1, 0.15) is 5.56 Å². The van der Waals surface area contributed by atoms with E-state index in [9.17, 15) is 4.79 Å². The molecular formula is C16H15BrN4O. The van der Waals surface area contributed by atoms with Crippen molar-refractivity contribution in [2.45, 2.75) is 6.92 Å². The van der Waals surface area contributed by atoms with Crippen molar-refractivity contribution in [1.29, 1.82) is 0 Å². The first-order chi connectivity index (χ1) is 10.5. The maximum atomic E-state index is 11.3. The second-order valence-electron chi connectivity index (χ2n) is 5.03. The SMILES string of the molecule is C=C(Nc1ccc2[nH]c(=O)[nH]c2c1)Nc1ccc(Br)cc1C. The van der Waals surface area contributed by atoms with Gasteiger partial charge in [-0.15, -0.1) is 0 Å². The molecule has 112 valence electrons. The highest BCUT2D eigenvalue weighted by Gasteiger charge is 2.03. The van der Waals surface area contributed by atoms with Gasteiger partial charge in [-0.1, -0.05) is 22.5 Å². The summed E-state index contributed by atoms with van der Waals surface area (Å²) in [5.41, 5.74) is 4.25. The zero-order valence-corrected chi connectivity index (χ0v) is 13.5. The summed E-state index contributed by atoms with van der Waals surface area (Å²) in [5.74, 6) is 0.655. The maximum absolute atomic E-state index is 11.3. The Kier molecular flexibility index (Phi) is 3.77. The Morgan fingerprint density at radius 2 is 1.86 bits per heavy atom. The van der Waals surface area contributed by atoms with Crippen LogP contribution in [0, 0.1) is 6.92 Å². The highest BCUT2D eigenvalue weighted by Crippen LogP contribution is 2.22. The fraction of sp³-hybridized carbons (Fsp3) is 0.0625. The fourth-order valence-electron chi connectivity index (χ4n) is 2.25. The van der Waals surface area contributed by atoms with Crippen molar-refractivity contribution in [3.8, 4) is 0 Å². The molecule has 1 heterocycles. The molecule has 3 aromatic rings. The molecule has 1 aromatic heterocycles. The number of imidazole rings is 1. The monoisotopic (exact) mass is 358 g/mol. The van der Waals surface area contributed by atoms with Gasteiger partial charge in [0.1, 0.15) is 5.82 Å². The van der Waals surface area contributed by atoms with Gasteiger partial charge in [-0.25, -0.2) is 4.79 Å². The van der Waals surface area contributed by atoms with Gasteiger partial charge in [0.25, 0.3) is 0 Å². The van der Waals surface area contributed by atoms with Gasteiger partial charge in [-0.2, -0.15) is 0 Å². The molecule has 0 spiro atoms. The molecule has 0 aliphatic heterocycles. The Hall–Kier alpha value is -2.47. The molecule has 0 unspecified atom stereocenters. The molecular weight excluding hydrogens is 344 g/mol. The van der Waals surface area contributed by atoms with E-state index in [1.54, 1.807) is 0 Å². The lowest BCUT2D eigenvalue weighted by atomic mass is 10.2. The number of aromatic amines is 2. The van der Waals surface area contributed by atoms with Crippen molar-refractivity contribution in [3.05, 3.63) is 69.3 Å². The van der Waals surface area contributed by atoms with E-state index in [1.165, 1.54) is 0 Å². The number of halogens is 1. The van der Waals surface area contributed by atoms with Crippen LogP contribution in [0.4, 0.5) is 11.4 Å². The van der Waals surface area contributed by atoms with E-state index in [-0.39, 0.29) is 5.69 Å². The average molecular weight is 359 g/mol. The van der Waals surface area contributed by atoms with E-state index >= 15 is 0 Å². The number of rotatable bonds is 4. The summed E-state index contributed by atoms with van der Waals surface area (Å²) in [6.07, 6.45) is 0. The number of aryl methyl sites for hydroxylation is 1. The van der Waals surface area contributed by atoms with E-state index in [2.05, 4.69) is 43.1 Å². The number of hydrogen-bond acceptors (Lipinski definition) is 3. The Bertz CT molecular complexity index is 910. The Balaban J connectivity index is 1.76. The Morgan fingerprint density at radius 3 is 2.64 bits per heavy atom. The van der Waals surface area contributed by atoms with Crippen LogP contribution in [0.5, 0.6) is 0 Å². The number of nitrogens with one attached hydrogen (secondary N) is 4. The average Bonchev–Trinajstić information content (AvgIpc) is 2.81. The van der Waals surface area contributed by atoms with Crippen LogP contribution in [-0.2, 0) is 0 Å². The van der Waals surface area contributed by atoms with Gasteiger partial charge in [-0.3, -0.25) is 0 Å². The first-order valence-corrected chi connectivity index (χ1v) is 7.52. The van der Waals surface area contributed by atoms with Crippen LogP contribution in [-0.4, -0.2) is 9.97 Å². The minimum atomic E-state index is -0.213. The summed E-state index contributed by atoms with van der Waals surface area (Å²) in [4.78, 5) is 16.7. The summed E-state index contributed by atoms with van der Waals surface area (Å²) in [6.45, 7) is 6.01. The van der Waals surface area contributed by atoms with Crippen molar-refractivity contribution in [2.24, 2.45) is 0 Å². The standard InChI is InChI=1S/C16H15BrN4O/c1-9-7-11(17)3-5-13(9)19-10(2)18-12-4-6-14-15(8-12)21-16(22)20-14/h3-8,18-19H,2H2,1H3,(H2,20,21,22). The smallest absolute Gasteiger partial charge is 0.323 e. The van der Waals surface area contributed by atoms with Crippen molar-refractivity contribution >= 4 is 38.3 Å². The van der Waals surface area contributed by atoms with Gasteiger partial charge in [0.15, 0.2) is 0 Å². The van der Waals surface area contributed by atoms with Gasteiger partial charge in [-0.05, 0) is 48.9 Å². The third-order valence-corrected chi connectivity index (χ3v) is 3.78. The van der Waals surface area contributed by atoms with Crippen LogP contribution in [0.15, 0.2) is 58.1 Å². The molecule has 2 aromatic carbocycles. The van der Waals surface area contributed by atoms with E-state index in [1.807, 2.05) is 43.3 Å². The van der Waals surface area contributed by atoms with Gasteiger partial charge in [0, 0.05) is 15.8 Å². The normalized spacial score (nSPS) is 10.6. The predicted octanol–water partition coefficient (Wildman–Crippen LogP) is 3.92. The molecule has 22 heavy (non-hydrogen) atoms. The molecule has 0 fully saturated rings. The molecule has 0 atom stereocenters. The number of benzene rings is 2. The lowest BCUT2D eigenvalue weighted by Crippen LogP contribution is -2.08. The summed E-state index contributed by atoms with van der Waals surface area (Å²) in [6, 6.07) is 11.6. The van der Waals surface area contributed by atoms with Crippen LogP contribution < -0.4 is 16.3 Å². The molecule has 3 rings (SSSR count). The third-order valence-electron chi connectivity index (χ3n) is 3.29. The lowest BCUT2D eigenvalue weighted by Gasteiger charge is -2.14. The van der Waals surface area contributed by atoms with Crippen LogP contribution in [0.3, 0.4) is 0 Å². The molecule has 0 aliphatic rings. The third kappa shape index (κ3) is 3.07. The van der Waals surface area contributed by atoms with Crippen molar-refractivity contribution in [3.63, 3.8) is 0 Å². The van der Waals surface area contributed by atoms with Crippen LogP contribution in [0.2, 0.25) is 0 Å². The zero-order valence-electron chi connectivity index (χ0n) is 12.0. The van der Waals surface area contributed by atoms with Crippen molar-refractivity contribution in [1.82, 2.24) is 9.97 Å². The van der Waals surface area contributed by atoms with Gasteiger partial charge in [0.2, 0.25) is 0 Å². The quantitative estimate of drug-likeness (QED) is 0.571. The molecule has 5 nitrogen and oxygen atoms in total. The molecule has 6 heteroatoms. The second kappa shape index (κ2) is 5.73. The van der Waals surface area contributed by atoms with Gasteiger partial charge < -0.3 is 20.6 Å². The minimum Gasteiger partial charge on any atom is -0.342 e.